The molecule has 1 aliphatic rings. The Hall–Kier alpha value is -2.76. The zero-order chi connectivity index (χ0) is 17.3. The molecule has 0 spiro atoms. The standard InChI is InChI=1S/C19H25N5O/c1-20-19(22-11-13-25-18-8-5-10-21-14-18)23-16-9-12-24(15-16)17-6-3-2-4-7-17/h2-8,10,14,16H,9,11-13,15H2,1H3,(H2,20,22,23). The summed E-state index contributed by atoms with van der Waals surface area (Å²) in [5.74, 6) is 1.59. The van der Waals surface area contributed by atoms with Crippen LogP contribution >= 0.6 is 0 Å². The molecule has 3 rings (SSSR count). The van der Waals surface area contributed by atoms with Crippen molar-refractivity contribution in [2.24, 2.45) is 4.99 Å². The fraction of sp³-hybridized carbons (Fsp3) is 0.368. The second-order valence-corrected chi connectivity index (χ2v) is 5.95. The van der Waals surface area contributed by atoms with Gasteiger partial charge in [-0.05, 0) is 30.7 Å². The van der Waals surface area contributed by atoms with Crippen LogP contribution < -0.4 is 20.3 Å². The van der Waals surface area contributed by atoms with Gasteiger partial charge in [-0.2, -0.15) is 0 Å². The smallest absolute Gasteiger partial charge is 0.191 e. The van der Waals surface area contributed by atoms with Gasteiger partial charge in [0.15, 0.2) is 5.96 Å². The highest BCUT2D eigenvalue weighted by atomic mass is 16.5. The lowest BCUT2D eigenvalue weighted by atomic mass is 10.3. The highest BCUT2D eigenvalue weighted by Crippen LogP contribution is 2.19. The third-order valence-corrected chi connectivity index (χ3v) is 4.17. The summed E-state index contributed by atoms with van der Waals surface area (Å²) in [5.41, 5.74) is 1.28. The largest absolute Gasteiger partial charge is 0.490 e. The molecule has 25 heavy (non-hydrogen) atoms. The number of nitrogens with one attached hydrogen (secondary N) is 2. The molecule has 1 unspecified atom stereocenters. The summed E-state index contributed by atoms with van der Waals surface area (Å²) >= 11 is 0. The first-order valence-corrected chi connectivity index (χ1v) is 8.65. The van der Waals surface area contributed by atoms with Crippen molar-refractivity contribution in [2.45, 2.75) is 12.5 Å². The minimum absolute atomic E-state index is 0.394. The number of aromatic nitrogens is 1. The van der Waals surface area contributed by atoms with Gasteiger partial charge >= 0.3 is 0 Å². The Bertz CT molecular complexity index is 662. The topological polar surface area (TPSA) is 61.8 Å². The Labute approximate surface area is 148 Å². The van der Waals surface area contributed by atoms with Gasteiger partial charge in [-0.25, -0.2) is 0 Å². The molecule has 0 saturated carbocycles. The molecule has 1 aromatic carbocycles. The van der Waals surface area contributed by atoms with Gasteiger partial charge in [0.2, 0.25) is 0 Å². The Kier molecular flexibility index (Phi) is 6.09. The minimum atomic E-state index is 0.394. The molecule has 6 heteroatoms. The molecule has 132 valence electrons. The van der Waals surface area contributed by atoms with Crippen LogP contribution in [0.25, 0.3) is 0 Å². The maximum absolute atomic E-state index is 5.63. The van der Waals surface area contributed by atoms with E-state index in [-0.39, 0.29) is 0 Å². The first kappa shape index (κ1) is 17.1. The van der Waals surface area contributed by atoms with Gasteiger partial charge in [-0.3, -0.25) is 9.98 Å². The SMILES string of the molecule is CN=C(NCCOc1cccnc1)NC1CCN(c2ccccc2)C1. The predicted octanol–water partition coefficient (Wildman–Crippen LogP) is 1.90. The van der Waals surface area contributed by atoms with E-state index in [0.29, 0.717) is 19.2 Å². The molecule has 2 aromatic rings. The van der Waals surface area contributed by atoms with E-state index in [0.717, 1.165) is 31.2 Å². The van der Waals surface area contributed by atoms with E-state index >= 15 is 0 Å². The minimum Gasteiger partial charge on any atom is -0.490 e. The first-order chi connectivity index (χ1) is 12.3. The van der Waals surface area contributed by atoms with Crippen LogP contribution in [0.3, 0.4) is 0 Å². The van der Waals surface area contributed by atoms with Crippen LogP contribution in [0.2, 0.25) is 0 Å². The molecule has 2 heterocycles. The molecule has 0 bridgehead atoms. The van der Waals surface area contributed by atoms with E-state index < -0.39 is 0 Å². The molecule has 0 amide bonds. The molecule has 1 aliphatic heterocycles. The van der Waals surface area contributed by atoms with Gasteiger partial charge in [0.1, 0.15) is 12.4 Å². The van der Waals surface area contributed by atoms with Crippen LogP contribution in [0.5, 0.6) is 5.75 Å². The Morgan fingerprint density at radius 1 is 1.28 bits per heavy atom. The third kappa shape index (κ3) is 5.11. The van der Waals surface area contributed by atoms with E-state index in [4.69, 9.17) is 4.74 Å². The van der Waals surface area contributed by atoms with Crippen molar-refractivity contribution >= 4 is 11.6 Å². The summed E-state index contributed by atoms with van der Waals surface area (Å²) in [6.07, 6.45) is 4.54. The van der Waals surface area contributed by atoms with Crippen LogP contribution in [0.4, 0.5) is 5.69 Å². The molecule has 0 aliphatic carbocycles. The first-order valence-electron chi connectivity index (χ1n) is 8.65. The number of anilines is 1. The van der Waals surface area contributed by atoms with Gasteiger partial charge in [0.25, 0.3) is 0 Å². The molecule has 6 nitrogen and oxygen atoms in total. The number of ether oxygens (including phenoxy) is 1. The Balaban J connectivity index is 1.39. The second kappa shape index (κ2) is 8.92. The molecular formula is C19H25N5O. The molecule has 1 atom stereocenters. The lowest BCUT2D eigenvalue weighted by molar-refractivity contribution is 0.320. The fourth-order valence-corrected chi connectivity index (χ4v) is 2.91. The van der Waals surface area contributed by atoms with Crippen molar-refractivity contribution in [1.82, 2.24) is 15.6 Å². The molecule has 1 aromatic heterocycles. The van der Waals surface area contributed by atoms with E-state index in [9.17, 15) is 0 Å². The van der Waals surface area contributed by atoms with Crippen molar-refractivity contribution in [1.29, 1.82) is 0 Å². The molecule has 0 radical (unpaired) electrons. The second-order valence-electron chi connectivity index (χ2n) is 5.95. The maximum Gasteiger partial charge on any atom is 0.191 e. The summed E-state index contributed by atoms with van der Waals surface area (Å²) in [6, 6.07) is 14.7. The van der Waals surface area contributed by atoms with E-state index in [1.807, 2.05) is 12.1 Å². The fourth-order valence-electron chi connectivity index (χ4n) is 2.91. The number of aliphatic imine (C=N–C) groups is 1. The van der Waals surface area contributed by atoms with Gasteiger partial charge in [-0.15, -0.1) is 0 Å². The van der Waals surface area contributed by atoms with Crippen LogP contribution in [-0.4, -0.2) is 50.3 Å². The van der Waals surface area contributed by atoms with Gasteiger partial charge in [0, 0.05) is 38.1 Å². The average molecular weight is 339 g/mol. The molecule has 1 saturated heterocycles. The summed E-state index contributed by atoms with van der Waals surface area (Å²) in [6.45, 7) is 3.29. The summed E-state index contributed by atoms with van der Waals surface area (Å²) in [5, 5.41) is 6.79. The number of pyridine rings is 1. The van der Waals surface area contributed by atoms with Gasteiger partial charge in [0.05, 0.1) is 12.7 Å². The molecule has 2 N–H and O–H groups in total. The number of benzene rings is 1. The number of hydrogen-bond acceptors (Lipinski definition) is 4. The highest BCUT2D eigenvalue weighted by molar-refractivity contribution is 5.80. The maximum atomic E-state index is 5.63. The number of hydrogen-bond donors (Lipinski definition) is 2. The van der Waals surface area contributed by atoms with Crippen molar-refractivity contribution in [3.05, 3.63) is 54.9 Å². The van der Waals surface area contributed by atoms with Crippen molar-refractivity contribution < 1.29 is 4.74 Å². The molecular weight excluding hydrogens is 314 g/mol. The summed E-state index contributed by atoms with van der Waals surface area (Å²) in [7, 11) is 1.79. The van der Waals surface area contributed by atoms with Crippen LogP contribution in [0, 0.1) is 0 Å². The van der Waals surface area contributed by atoms with Crippen molar-refractivity contribution in [3.63, 3.8) is 0 Å². The number of para-hydroxylation sites is 1. The lowest BCUT2D eigenvalue weighted by Gasteiger charge is -2.20. The van der Waals surface area contributed by atoms with E-state index in [1.54, 1.807) is 19.4 Å². The average Bonchev–Trinajstić information content (AvgIpc) is 3.14. The quantitative estimate of drug-likeness (QED) is 0.478. The van der Waals surface area contributed by atoms with Crippen molar-refractivity contribution in [3.8, 4) is 5.75 Å². The van der Waals surface area contributed by atoms with E-state index in [1.165, 1.54) is 5.69 Å². The zero-order valence-corrected chi connectivity index (χ0v) is 14.6. The molecule has 1 fully saturated rings. The van der Waals surface area contributed by atoms with Crippen LogP contribution in [0.15, 0.2) is 59.9 Å². The number of rotatable bonds is 6. The van der Waals surface area contributed by atoms with Gasteiger partial charge < -0.3 is 20.3 Å². The number of guanidine groups is 1. The zero-order valence-electron chi connectivity index (χ0n) is 14.6. The van der Waals surface area contributed by atoms with Crippen LogP contribution in [-0.2, 0) is 0 Å². The van der Waals surface area contributed by atoms with E-state index in [2.05, 4.69) is 55.8 Å². The Morgan fingerprint density at radius 3 is 2.92 bits per heavy atom. The van der Waals surface area contributed by atoms with Gasteiger partial charge in [-0.1, -0.05) is 18.2 Å². The third-order valence-electron chi connectivity index (χ3n) is 4.17. The Morgan fingerprint density at radius 2 is 2.16 bits per heavy atom. The summed E-state index contributed by atoms with van der Waals surface area (Å²) in [4.78, 5) is 10.7. The summed E-state index contributed by atoms with van der Waals surface area (Å²) < 4.78 is 5.63. The highest BCUT2D eigenvalue weighted by Gasteiger charge is 2.23. The normalized spacial score (nSPS) is 17.4. The van der Waals surface area contributed by atoms with Crippen molar-refractivity contribution in [2.75, 3.05) is 38.2 Å². The van der Waals surface area contributed by atoms with Crippen LogP contribution in [0.1, 0.15) is 6.42 Å². The lowest BCUT2D eigenvalue weighted by Crippen LogP contribution is -2.45. The predicted molar refractivity (Wildman–Crippen MR) is 101 cm³/mol. The number of nitrogens with zero attached hydrogens (tertiary/aromatic N) is 3. The monoisotopic (exact) mass is 339 g/mol.